The Kier molecular flexibility index (Phi) is 4.49. The van der Waals surface area contributed by atoms with Crippen LogP contribution in [-0.4, -0.2) is 20.1 Å². The zero-order valence-corrected chi connectivity index (χ0v) is 16.9. The summed E-state index contributed by atoms with van der Waals surface area (Å²) in [6, 6.07) is 13.4. The average molecular weight is 424 g/mol. The molecule has 0 radical (unpaired) electrons. The molecule has 2 N–H and O–H groups in total. The van der Waals surface area contributed by atoms with E-state index in [4.69, 9.17) is 11.6 Å². The predicted octanol–water partition coefficient (Wildman–Crippen LogP) is 6.15. The van der Waals surface area contributed by atoms with Crippen LogP contribution in [0.4, 0.5) is 0 Å². The number of rotatable bonds is 4. The highest BCUT2D eigenvalue weighted by atomic mass is 35.5. The number of aliphatic hydroxyl groups is 1. The van der Waals surface area contributed by atoms with Crippen molar-refractivity contribution in [3.63, 3.8) is 0 Å². The van der Waals surface area contributed by atoms with Crippen molar-refractivity contribution in [3.05, 3.63) is 82.6 Å². The lowest BCUT2D eigenvalue weighted by atomic mass is 10.0. The first-order valence-electron chi connectivity index (χ1n) is 8.60. The second-order valence-corrected chi connectivity index (χ2v) is 8.69. The van der Waals surface area contributed by atoms with Gasteiger partial charge in [0.05, 0.1) is 15.1 Å². The molecule has 1 atom stereocenters. The molecule has 0 saturated heterocycles. The summed E-state index contributed by atoms with van der Waals surface area (Å²) in [4.78, 5) is 14.0. The normalized spacial score (nSPS) is 12.5. The van der Waals surface area contributed by atoms with Crippen molar-refractivity contribution in [2.75, 3.05) is 0 Å². The van der Waals surface area contributed by atoms with Crippen molar-refractivity contribution in [2.45, 2.75) is 6.10 Å². The number of halogens is 1. The van der Waals surface area contributed by atoms with Gasteiger partial charge >= 0.3 is 0 Å². The highest BCUT2D eigenvalue weighted by molar-refractivity contribution is 7.21. The lowest BCUT2D eigenvalue weighted by Crippen LogP contribution is -1.99. The van der Waals surface area contributed by atoms with Crippen LogP contribution in [0, 0.1) is 0 Å². The highest BCUT2D eigenvalue weighted by Gasteiger charge is 2.22. The van der Waals surface area contributed by atoms with Crippen molar-refractivity contribution in [2.24, 2.45) is 0 Å². The SMILES string of the molecule is OC(c1ccc(Cl)cc1)c1cc(-c2ccnc3ccsc23)sc1-c1ncc[nH]1. The van der Waals surface area contributed by atoms with Gasteiger partial charge in [0.1, 0.15) is 11.9 Å². The summed E-state index contributed by atoms with van der Waals surface area (Å²) in [7, 11) is 0. The van der Waals surface area contributed by atoms with Gasteiger partial charge in [0.25, 0.3) is 0 Å². The molecule has 0 bridgehead atoms. The monoisotopic (exact) mass is 423 g/mol. The highest BCUT2D eigenvalue weighted by Crippen LogP contribution is 2.43. The van der Waals surface area contributed by atoms with Crippen molar-refractivity contribution in [1.29, 1.82) is 0 Å². The number of H-pyrrole nitrogens is 1. The summed E-state index contributed by atoms with van der Waals surface area (Å²) < 4.78 is 1.14. The van der Waals surface area contributed by atoms with E-state index in [1.165, 1.54) is 0 Å². The van der Waals surface area contributed by atoms with Gasteiger partial charge in [0.2, 0.25) is 0 Å². The molecule has 138 valence electrons. The zero-order chi connectivity index (χ0) is 19.1. The summed E-state index contributed by atoms with van der Waals surface area (Å²) in [5, 5.41) is 13.8. The first kappa shape index (κ1) is 17.6. The molecule has 0 saturated carbocycles. The first-order valence-corrected chi connectivity index (χ1v) is 10.7. The van der Waals surface area contributed by atoms with Gasteiger partial charge in [0, 0.05) is 39.6 Å². The Labute approximate surface area is 174 Å². The summed E-state index contributed by atoms with van der Waals surface area (Å²) in [5.74, 6) is 0.746. The van der Waals surface area contributed by atoms with Gasteiger partial charge in [-0.1, -0.05) is 23.7 Å². The van der Waals surface area contributed by atoms with Gasteiger partial charge in [-0.2, -0.15) is 0 Å². The molecule has 4 nitrogen and oxygen atoms in total. The number of hydrogen-bond acceptors (Lipinski definition) is 5. The van der Waals surface area contributed by atoms with Crippen molar-refractivity contribution >= 4 is 44.5 Å². The number of benzene rings is 1. The third kappa shape index (κ3) is 3.04. The van der Waals surface area contributed by atoms with Gasteiger partial charge in [0.15, 0.2) is 0 Å². The molecule has 7 heteroatoms. The Bertz CT molecular complexity index is 1240. The molecule has 0 amide bonds. The van der Waals surface area contributed by atoms with E-state index in [9.17, 15) is 5.11 Å². The number of thiophene rings is 2. The Morgan fingerprint density at radius 3 is 2.68 bits per heavy atom. The molecule has 4 aromatic heterocycles. The van der Waals surface area contributed by atoms with Crippen LogP contribution in [0.2, 0.25) is 5.02 Å². The molecule has 5 aromatic rings. The maximum absolute atomic E-state index is 11.1. The van der Waals surface area contributed by atoms with Crippen LogP contribution in [0.5, 0.6) is 0 Å². The molecule has 1 unspecified atom stereocenters. The molecule has 0 aliphatic heterocycles. The Morgan fingerprint density at radius 2 is 1.89 bits per heavy atom. The van der Waals surface area contributed by atoms with E-state index in [0.29, 0.717) is 5.02 Å². The van der Waals surface area contributed by atoms with E-state index in [1.54, 1.807) is 47.2 Å². The Morgan fingerprint density at radius 1 is 1.04 bits per heavy atom. The van der Waals surface area contributed by atoms with Gasteiger partial charge in [-0.15, -0.1) is 22.7 Å². The van der Waals surface area contributed by atoms with E-state index < -0.39 is 6.10 Å². The van der Waals surface area contributed by atoms with Crippen LogP contribution in [0.1, 0.15) is 17.2 Å². The topological polar surface area (TPSA) is 61.8 Å². The quantitative estimate of drug-likeness (QED) is 0.364. The van der Waals surface area contributed by atoms with Crippen LogP contribution in [0.25, 0.3) is 31.4 Å². The number of aromatic amines is 1. The number of pyridine rings is 1. The third-order valence-electron chi connectivity index (χ3n) is 4.56. The minimum absolute atomic E-state index is 0.644. The fourth-order valence-corrected chi connectivity index (χ4v) is 5.46. The van der Waals surface area contributed by atoms with Crippen molar-refractivity contribution < 1.29 is 5.11 Å². The molecule has 0 spiro atoms. The van der Waals surface area contributed by atoms with Crippen molar-refractivity contribution in [3.8, 4) is 21.1 Å². The van der Waals surface area contributed by atoms with E-state index in [0.717, 1.165) is 42.5 Å². The third-order valence-corrected chi connectivity index (χ3v) is 6.94. The molecule has 0 fully saturated rings. The zero-order valence-electron chi connectivity index (χ0n) is 14.5. The Balaban J connectivity index is 1.68. The molecule has 0 aliphatic carbocycles. The molecular weight excluding hydrogens is 410 g/mol. The largest absolute Gasteiger partial charge is 0.384 e. The number of nitrogens with zero attached hydrogens (tertiary/aromatic N) is 2. The van der Waals surface area contributed by atoms with Gasteiger partial charge in [-0.3, -0.25) is 4.98 Å². The number of aromatic nitrogens is 3. The lowest BCUT2D eigenvalue weighted by molar-refractivity contribution is 0.221. The first-order chi connectivity index (χ1) is 13.7. The summed E-state index contributed by atoms with van der Waals surface area (Å²) >= 11 is 9.29. The van der Waals surface area contributed by atoms with E-state index in [2.05, 4.69) is 21.0 Å². The number of fused-ring (bicyclic) bond motifs is 1. The fraction of sp³-hybridized carbons (Fsp3) is 0.0476. The lowest BCUT2D eigenvalue weighted by Gasteiger charge is -2.11. The molecular formula is C21H14ClN3OS2. The minimum atomic E-state index is -0.775. The fourth-order valence-electron chi connectivity index (χ4n) is 3.21. The van der Waals surface area contributed by atoms with Gasteiger partial charge < -0.3 is 10.1 Å². The van der Waals surface area contributed by atoms with E-state index in [-0.39, 0.29) is 0 Å². The van der Waals surface area contributed by atoms with E-state index >= 15 is 0 Å². The average Bonchev–Trinajstić information content (AvgIpc) is 3.47. The van der Waals surface area contributed by atoms with Crippen LogP contribution in [-0.2, 0) is 0 Å². The smallest absolute Gasteiger partial charge is 0.147 e. The molecule has 1 aromatic carbocycles. The van der Waals surface area contributed by atoms with Crippen LogP contribution >= 0.6 is 34.3 Å². The maximum Gasteiger partial charge on any atom is 0.147 e. The predicted molar refractivity (Wildman–Crippen MR) is 116 cm³/mol. The molecule has 28 heavy (non-hydrogen) atoms. The summed E-state index contributed by atoms with van der Waals surface area (Å²) in [6.45, 7) is 0. The minimum Gasteiger partial charge on any atom is -0.384 e. The number of imidazole rings is 1. The van der Waals surface area contributed by atoms with Crippen LogP contribution in [0.3, 0.4) is 0 Å². The standard InChI is InChI=1S/C21H14ClN3OS2/c22-13-3-1-12(2-4-13)18(26)15-11-17(28-20(15)21-24-8-9-25-21)14-5-7-23-16-6-10-27-19(14)16/h1-11,18,26H,(H,24,25). The molecule has 5 rings (SSSR count). The number of aliphatic hydroxyl groups excluding tert-OH is 1. The van der Waals surface area contributed by atoms with Gasteiger partial charge in [-0.25, -0.2) is 4.98 Å². The maximum atomic E-state index is 11.1. The van der Waals surface area contributed by atoms with E-state index in [1.807, 2.05) is 35.8 Å². The van der Waals surface area contributed by atoms with Crippen molar-refractivity contribution in [1.82, 2.24) is 15.0 Å². The van der Waals surface area contributed by atoms with Crippen LogP contribution < -0.4 is 0 Å². The number of hydrogen-bond donors (Lipinski definition) is 2. The Hall–Kier alpha value is -2.51. The summed E-state index contributed by atoms with van der Waals surface area (Å²) in [6.07, 6.45) is 4.56. The van der Waals surface area contributed by atoms with Crippen LogP contribution in [0.15, 0.2) is 66.4 Å². The second-order valence-electron chi connectivity index (χ2n) is 6.28. The molecule has 4 heterocycles. The summed E-state index contributed by atoms with van der Waals surface area (Å²) in [5.41, 5.74) is 3.71. The second kappa shape index (κ2) is 7.14. The molecule has 0 aliphatic rings. The number of nitrogens with one attached hydrogen (secondary N) is 1. The van der Waals surface area contributed by atoms with Gasteiger partial charge in [-0.05, 0) is 41.3 Å².